The van der Waals surface area contributed by atoms with Crippen molar-refractivity contribution in [2.24, 2.45) is 0 Å². The first kappa shape index (κ1) is 22.9. The predicted molar refractivity (Wildman–Crippen MR) is 169 cm³/mol. The van der Waals surface area contributed by atoms with Crippen LogP contribution in [0.25, 0.3) is 43.8 Å². The SMILES string of the molecule is Clc1ccc(-c2cccc3c2-c2ccccc2C32c3ccc4ccccc4c3Oc3c2ccc2ccccc32)cc1. The molecule has 2 heteroatoms. The van der Waals surface area contributed by atoms with Gasteiger partial charge in [0.05, 0.1) is 5.41 Å². The molecule has 1 nitrogen and oxygen atoms in total. The van der Waals surface area contributed by atoms with Crippen molar-refractivity contribution in [3.63, 3.8) is 0 Å². The lowest BCUT2D eigenvalue weighted by atomic mass is 9.65. The molecular weight excluding hydrogens is 520 g/mol. The average molecular weight is 543 g/mol. The van der Waals surface area contributed by atoms with E-state index in [2.05, 4.69) is 127 Å². The van der Waals surface area contributed by atoms with Crippen LogP contribution in [0.3, 0.4) is 0 Å². The molecule has 41 heavy (non-hydrogen) atoms. The summed E-state index contributed by atoms with van der Waals surface area (Å²) in [6.07, 6.45) is 0. The fourth-order valence-electron chi connectivity index (χ4n) is 7.32. The second kappa shape index (κ2) is 8.33. The van der Waals surface area contributed by atoms with Gasteiger partial charge in [-0.15, -0.1) is 0 Å². The number of hydrogen-bond donors (Lipinski definition) is 0. The zero-order valence-corrected chi connectivity index (χ0v) is 22.8. The summed E-state index contributed by atoms with van der Waals surface area (Å²) < 4.78 is 7.03. The largest absolute Gasteiger partial charge is 0.455 e. The van der Waals surface area contributed by atoms with Gasteiger partial charge in [0.2, 0.25) is 0 Å². The second-order valence-corrected chi connectivity index (χ2v) is 11.4. The van der Waals surface area contributed by atoms with E-state index in [0.717, 1.165) is 32.9 Å². The maximum absolute atomic E-state index is 7.03. The second-order valence-electron chi connectivity index (χ2n) is 11.0. The molecule has 1 aliphatic heterocycles. The predicted octanol–water partition coefficient (Wildman–Crippen LogP) is 10.8. The highest BCUT2D eigenvalue weighted by Gasteiger charge is 2.52. The van der Waals surface area contributed by atoms with Crippen LogP contribution in [0.15, 0.2) is 140 Å². The summed E-state index contributed by atoms with van der Waals surface area (Å²) in [6, 6.07) is 50.0. The first-order valence-electron chi connectivity index (χ1n) is 14.0. The Labute approximate surface area is 243 Å². The Morgan fingerprint density at radius 2 is 1.00 bits per heavy atom. The molecule has 1 spiro atoms. The number of rotatable bonds is 1. The van der Waals surface area contributed by atoms with E-state index in [0.29, 0.717) is 0 Å². The molecule has 2 aliphatic rings. The van der Waals surface area contributed by atoms with E-state index in [9.17, 15) is 0 Å². The van der Waals surface area contributed by atoms with E-state index in [4.69, 9.17) is 16.3 Å². The minimum atomic E-state index is -0.536. The van der Waals surface area contributed by atoms with Crippen molar-refractivity contribution in [1.29, 1.82) is 0 Å². The maximum atomic E-state index is 7.03. The van der Waals surface area contributed by atoms with E-state index in [-0.39, 0.29) is 0 Å². The summed E-state index contributed by atoms with van der Waals surface area (Å²) in [5.74, 6) is 1.87. The number of halogens is 1. The van der Waals surface area contributed by atoms with Crippen molar-refractivity contribution in [2.45, 2.75) is 5.41 Å². The van der Waals surface area contributed by atoms with E-state index >= 15 is 0 Å². The van der Waals surface area contributed by atoms with Crippen LogP contribution in [0.4, 0.5) is 0 Å². The van der Waals surface area contributed by atoms with Gasteiger partial charge in [-0.3, -0.25) is 0 Å². The van der Waals surface area contributed by atoms with E-state index in [1.807, 2.05) is 12.1 Å². The van der Waals surface area contributed by atoms with Crippen LogP contribution >= 0.6 is 11.6 Å². The molecule has 0 saturated carbocycles. The Kier molecular flexibility index (Phi) is 4.66. The summed E-state index contributed by atoms with van der Waals surface area (Å²) in [5, 5.41) is 5.34. The Hall–Kier alpha value is -4.85. The first-order chi connectivity index (χ1) is 20.2. The molecule has 192 valence electrons. The van der Waals surface area contributed by atoms with Crippen molar-refractivity contribution < 1.29 is 4.74 Å². The molecule has 1 heterocycles. The van der Waals surface area contributed by atoms with Gasteiger partial charge in [0.25, 0.3) is 0 Å². The lowest BCUT2D eigenvalue weighted by molar-refractivity contribution is 0.447. The summed E-state index contributed by atoms with van der Waals surface area (Å²) in [4.78, 5) is 0. The third-order valence-corrected chi connectivity index (χ3v) is 9.25. The van der Waals surface area contributed by atoms with Gasteiger partial charge in [0.1, 0.15) is 11.5 Å². The van der Waals surface area contributed by atoms with Gasteiger partial charge in [-0.05, 0) is 56.3 Å². The van der Waals surface area contributed by atoms with Crippen LogP contribution < -0.4 is 4.74 Å². The van der Waals surface area contributed by atoms with Crippen molar-refractivity contribution in [1.82, 2.24) is 0 Å². The average Bonchev–Trinajstić information content (AvgIpc) is 3.32. The fourth-order valence-corrected chi connectivity index (χ4v) is 7.45. The molecule has 0 aromatic heterocycles. The Morgan fingerprint density at radius 1 is 0.439 bits per heavy atom. The summed E-state index contributed by atoms with van der Waals surface area (Å²) >= 11 is 6.31. The Balaban J connectivity index is 1.49. The molecule has 0 N–H and O–H groups in total. The van der Waals surface area contributed by atoms with Crippen LogP contribution in [-0.2, 0) is 5.41 Å². The molecule has 0 fully saturated rings. The quantitative estimate of drug-likeness (QED) is 0.200. The topological polar surface area (TPSA) is 9.23 Å². The maximum Gasteiger partial charge on any atom is 0.140 e. The number of hydrogen-bond acceptors (Lipinski definition) is 1. The number of ether oxygens (including phenoxy) is 1. The van der Waals surface area contributed by atoms with Crippen molar-refractivity contribution in [2.75, 3.05) is 0 Å². The minimum Gasteiger partial charge on any atom is -0.455 e. The van der Waals surface area contributed by atoms with Crippen LogP contribution in [0.2, 0.25) is 5.02 Å². The monoisotopic (exact) mass is 542 g/mol. The van der Waals surface area contributed by atoms with Gasteiger partial charge in [-0.1, -0.05) is 139 Å². The highest BCUT2D eigenvalue weighted by molar-refractivity contribution is 6.30. The Morgan fingerprint density at radius 3 is 1.68 bits per heavy atom. The zero-order valence-electron chi connectivity index (χ0n) is 22.1. The molecule has 1 aliphatic carbocycles. The van der Waals surface area contributed by atoms with Crippen LogP contribution in [0.1, 0.15) is 22.3 Å². The first-order valence-corrected chi connectivity index (χ1v) is 14.3. The summed E-state index contributed by atoms with van der Waals surface area (Å²) in [6.45, 7) is 0. The summed E-state index contributed by atoms with van der Waals surface area (Å²) in [7, 11) is 0. The Bertz CT molecular complexity index is 2110. The molecule has 0 atom stereocenters. The minimum absolute atomic E-state index is 0.536. The van der Waals surface area contributed by atoms with E-state index < -0.39 is 5.41 Å². The van der Waals surface area contributed by atoms with Crippen molar-refractivity contribution >= 4 is 33.1 Å². The molecule has 0 amide bonds. The molecule has 9 rings (SSSR count). The van der Waals surface area contributed by atoms with Crippen LogP contribution in [0.5, 0.6) is 11.5 Å². The van der Waals surface area contributed by atoms with E-state index in [1.165, 1.54) is 49.7 Å². The highest BCUT2D eigenvalue weighted by atomic mass is 35.5. The van der Waals surface area contributed by atoms with Gasteiger partial charge in [-0.25, -0.2) is 0 Å². The normalized spacial score (nSPS) is 13.9. The van der Waals surface area contributed by atoms with E-state index in [1.54, 1.807) is 0 Å². The molecular formula is C39H23ClO. The third kappa shape index (κ3) is 2.96. The number of benzene rings is 7. The zero-order chi connectivity index (χ0) is 27.1. The lowest BCUT2D eigenvalue weighted by Crippen LogP contribution is -2.32. The van der Waals surface area contributed by atoms with Gasteiger partial charge in [0, 0.05) is 26.9 Å². The van der Waals surface area contributed by atoms with Gasteiger partial charge >= 0.3 is 0 Å². The molecule has 0 saturated heterocycles. The molecule has 7 aromatic carbocycles. The standard InChI is InChI=1S/C39H23ClO/c40-27-20-16-26(17-21-27)28-13-7-15-33-36(28)31-12-5-6-14-32(31)39(33)34-22-18-24-8-1-3-10-29(24)37(34)41-38-30-11-4-2-9-25(30)19-23-35(38)39/h1-23H. The van der Waals surface area contributed by atoms with Gasteiger partial charge in [0.15, 0.2) is 0 Å². The van der Waals surface area contributed by atoms with Crippen molar-refractivity contribution in [3.05, 3.63) is 167 Å². The van der Waals surface area contributed by atoms with Gasteiger partial charge in [-0.2, -0.15) is 0 Å². The smallest absolute Gasteiger partial charge is 0.140 e. The fraction of sp³-hybridized carbons (Fsp3) is 0.0256. The third-order valence-electron chi connectivity index (χ3n) is 9.00. The van der Waals surface area contributed by atoms with Crippen molar-refractivity contribution in [3.8, 4) is 33.8 Å². The molecule has 7 aromatic rings. The number of fused-ring (bicyclic) bond motifs is 13. The molecule has 0 unspecified atom stereocenters. The summed E-state index contributed by atoms with van der Waals surface area (Å²) in [5.41, 5.74) is 9.28. The van der Waals surface area contributed by atoms with Crippen LogP contribution in [0, 0.1) is 0 Å². The van der Waals surface area contributed by atoms with Crippen LogP contribution in [-0.4, -0.2) is 0 Å². The molecule has 0 radical (unpaired) electrons. The molecule has 0 bridgehead atoms. The highest BCUT2D eigenvalue weighted by Crippen LogP contribution is 2.64. The lowest BCUT2D eigenvalue weighted by Gasteiger charge is -2.40. The van der Waals surface area contributed by atoms with Gasteiger partial charge < -0.3 is 4.74 Å².